The van der Waals surface area contributed by atoms with Crippen LogP contribution in [0.15, 0.2) is 0 Å². The Kier molecular flexibility index (Phi) is 3.37. The van der Waals surface area contributed by atoms with Crippen LogP contribution in [-0.2, 0) is 4.79 Å². The Balaban J connectivity index is 1.71. The van der Waals surface area contributed by atoms with Crippen molar-refractivity contribution in [1.29, 1.82) is 5.41 Å². The molecule has 128 valence electrons. The number of nitrogens with one attached hydrogen (secondary N) is 1. The largest absolute Gasteiger partial charge is 0.393 e. The molecule has 0 aliphatic heterocycles. The Bertz CT molecular complexity index is 546. The Morgan fingerprint density at radius 1 is 1.09 bits per heavy atom. The van der Waals surface area contributed by atoms with E-state index in [4.69, 9.17) is 5.41 Å². The van der Waals surface area contributed by atoms with Gasteiger partial charge in [-0.1, -0.05) is 13.8 Å². The van der Waals surface area contributed by atoms with E-state index in [0.717, 1.165) is 57.8 Å². The van der Waals surface area contributed by atoms with E-state index in [9.17, 15) is 9.90 Å². The summed E-state index contributed by atoms with van der Waals surface area (Å²) in [6.45, 7) is 4.63. The van der Waals surface area contributed by atoms with Crippen LogP contribution in [0, 0.1) is 39.4 Å². The molecule has 4 aliphatic carbocycles. The lowest BCUT2D eigenvalue weighted by atomic mass is 9.40. The third kappa shape index (κ3) is 1.86. The molecule has 4 saturated carbocycles. The zero-order chi connectivity index (χ0) is 16.5. The van der Waals surface area contributed by atoms with Gasteiger partial charge in [-0.2, -0.15) is 0 Å². The first-order valence-electron chi connectivity index (χ1n) is 9.59. The van der Waals surface area contributed by atoms with Crippen molar-refractivity contribution in [3.63, 3.8) is 0 Å². The van der Waals surface area contributed by atoms with Crippen LogP contribution in [0.3, 0.4) is 0 Å². The van der Waals surface area contributed by atoms with Gasteiger partial charge in [0.05, 0.1) is 6.10 Å². The minimum Gasteiger partial charge on any atom is -0.393 e. The van der Waals surface area contributed by atoms with Gasteiger partial charge in [0.1, 0.15) is 5.78 Å². The molecule has 0 saturated heterocycles. The van der Waals surface area contributed by atoms with Crippen LogP contribution in [0.1, 0.15) is 71.6 Å². The standard InChI is InChI=1S/C20H31NO2/c1-18-8-7-16-14(15(18)3-4-17(18)23)6-10-20(12-21)11-13(22)5-9-19(16,20)2/h12-16,21-22H,3-11H2,1-2H3/t13-,14?,15?,16?,18?,19-,20+/m1/s1. The maximum absolute atomic E-state index is 12.5. The molecule has 0 spiro atoms. The number of aliphatic hydroxyl groups is 1. The van der Waals surface area contributed by atoms with Gasteiger partial charge in [0.15, 0.2) is 0 Å². The van der Waals surface area contributed by atoms with E-state index < -0.39 is 0 Å². The molecule has 4 unspecified atom stereocenters. The number of rotatable bonds is 1. The summed E-state index contributed by atoms with van der Waals surface area (Å²) < 4.78 is 0. The highest BCUT2D eigenvalue weighted by molar-refractivity contribution is 5.87. The molecular weight excluding hydrogens is 286 g/mol. The lowest BCUT2D eigenvalue weighted by Gasteiger charge is -2.64. The molecule has 0 amide bonds. The van der Waals surface area contributed by atoms with Crippen LogP contribution in [0.25, 0.3) is 0 Å². The van der Waals surface area contributed by atoms with Gasteiger partial charge in [-0.05, 0) is 74.5 Å². The van der Waals surface area contributed by atoms with E-state index in [1.54, 1.807) is 6.21 Å². The zero-order valence-electron chi connectivity index (χ0n) is 14.6. The van der Waals surface area contributed by atoms with Crippen LogP contribution in [-0.4, -0.2) is 23.2 Å². The van der Waals surface area contributed by atoms with Gasteiger partial charge in [-0.3, -0.25) is 4.79 Å². The van der Waals surface area contributed by atoms with Gasteiger partial charge in [0.25, 0.3) is 0 Å². The van der Waals surface area contributed by atoms with Crippen LogP contribution in [0.2, 0.25) is 0 Å². The fourth-order valence-electron chi connectivity index (χ4n) is 7.39. The van der Waals surface area contributed by atoms with Gasteiger partial charge < -0.3 is 10.5 Å². The highest BCUT2D eigenvalue weighted by Crippen LogP contribution is 2.68. The summed E-state index contributed by atoms with van der Waals surface area (Å²) in [6, 6.07) is 0. The Morgan fingerprint density at radius 3 is 2.61 bits per heavy atom. The fourth-order valence-corrected chi connectivity index (χ4v) is 7.39. The predicted molar refractivity (Wildman–Crippen MR) is 90.5 cm³/mol. The molecule has 0 aromatic carbocycles. The van der Waals surface area contributed by atoms with Crippen molar-refractivity contribution in [3.8, 4) is 0 Å². The number of aliphatic hydroxyl groups excluding tert-OH is 1. The quantitative estimate of drug-likeness (QED) is 0.719. The summed E-state index contributed by atoms with van der Waals surface area (Å²) in [4.78, 5) is 12.5. The van der Waals surface area contributed by atoms with Crippen LogP contribution < -0.4 is 0 Å². The average Bonchev–Trinajstić information content (AvgIpc) is 2.84. The number of fused-ring (bicyclic) bond motifs is 5. The predicted octanol–water partition coefficient (Wildman–Crippen LogP) is 3.98. The molecule has 0 aromatic rings. The number of Topliss-reactive ketones (excluding diaryl/α,β-unsaturated/α-hetero) is 1. The first-order valence-corrected chi connectivity index (χ1v) is 9.59. The fraction of sp³-hybridized carbons (Fsp3) is 0.900. The maximum atomic E-state index is 12.5. The SMILES string of the molecule is CC12CCC3C(CC[C@@]4(C=N)C[C@H](O)CC[C@]34C)C1CCC2=O. The Labute approximate surface area is 139 Å². The van der Waals surface area contributed by atoms with E-state index in [0.29, 0.717) is 23.5 Å². The minimum absolute atomic E-state index is 0.0591. The molecule has 0 aromatic heterocycles. The molecule has 0 radical (unpaired) electrons. The van der Waals surface area contributed by atoms with Crippen molar-refractivity contribution < 1.29 is 9.90 Å². The molecular formula is C20H31NO2. The monoisotopic (exact) mass is 317 g/mol. The van der Waals surface area contributed by atoms with Crippen molar-refractivity contribution in [1.82, 2.24) is 0 Å². The van der Waals surface area contributed by atoms with Crippen LogP contribution in [0.4, 0.5) is 0 Å². The summed E-state index contributed by atoms with van der Waals surface area (Å²) >= 11 is 0. The molecule has 7 atom stereocenters. The first kappa shape index (κ1) is 15.8. The van der Waals surface area contributed by atoms with Gasteiger partial charge in [0.2, 0.25) is 0 Å². The summed E-state index contributed by atoms with van der Waals surface area (Å²) in [5, 5.41) is 18.4. The third-order valence-electron chi connectivity index (χ3n) is 8.90. The van der Waals surface area contributed by atoms with Gasteiger partial charge >= 0.3 is 0 Å². The normalized spacial score (nSPS) is 55.7. The minimum atomic E-state index is -0.233. The topological polar surface area (TPSA) is 61.1 Å². The number of hydrogen-bond acceptors (Lipinski definition) is 3. The lowest BCUT2D eigenvalue weighted by Crippen LogP contribution is -2.59. The third-order valence-corrected chi connectivity index (χ3v) is 8.90. The van der Waals surface area contributed by atoms with Crippen molar-refractivity contribution in [2.75, 3.05) is 0 Å². The molecule has 3 heteroatoms. The lowest BCUT2D eigenvalue weighted by molar-refractivity contribution is -0.152. The number of carbonyl (C=O) groups excluding carboxylic acids is 1. The molecule has 23 heavy (non-hydrogen) atoms. The maximum Gasteiger partial charge on any atom is 0.139 e. The first-order chi connectivity index (χ1) is 10.9. The molecule has 2 N–H and O–H groups in total. The molecule has 4 rings (SSSR count). The number of carbonyl (C=O) groups is 1. The molecule has 4 aliphatic rings. The summed E-state index contributed by atoms with van der Waals surface area (Å²) in [6.07, 6.45) is 10.4. The second kappa shape index (κ2) is 4.91. The van der Waals surface area contributed by atoms with Crippen LogP contribution in [0.5, 0.6) is 0 Å². The van der Waals surface area contributed by atoms with Gasteiger partial charge in [-0.25, -0.2) is 0 Å². The Hall–Kier alpha value is -0.700. The van der Waals surface area contributed by atoms with E-state index in [-0.39, 0.29) is 22.3 Å². The summed E-state index contributed by atoms with van der Waals surface area (Å²) in [5.41, 5.74) is -0.0254. The van der Waals surface area contributed by atoms with E-state index >= 15 is 0 Å². The van der Waals surface area contributed by atoms with E-state index in [1.165, 1.54) is 0 Å². The van der Waals surface area contributed by atoms with Crippen molar-refractivity contribution in [2.45, 2.75) is 77.7 Å². The Morgan fingerprint density at radius 2 is 1.87 bits per heavy atom. The summed E-state index contributed by atoms with van der Waals surface area (Å²) in [5.74, 6) is 2.37. The highest BCUT2D eigenvalue weighted by Gasteiger charge is 2.64. The second-order valence-corrected chi connectivity index (χ2v) is 9.45. The smallest absolute Gasteiger partial charge is 0.139 e. The van der Waals surface area contributed by atoms with Gasteiger partial charge in [-0.15, -0.1) is 0 Å². The van der Waals surface area contributed by atoms with Crippen molar-refractivity contribution >= 4 is 12.0 Å². The highest BCUT2D eigenvalue weighted by atomic mass is 16.3. The molecule has 0 bridgehead atoms. The number of hydrogen-bond donors (Lipinski definition) is 2. The number of ketones is 1. The molecule has 0 heterocycles. The molecule has 4 fully saturated rings. The van der Waals surface area contributed by atoms with Crippen LogP contribution >= 0.6 is 0 Å². The summed E-state index contributed by atoms with van der Waals surface area (Å²) in [7, 11) is 0. The average molecular weight is 317 g/mol. The van der Waals surface area contributed by atoms with Crippen molar-refractivity contribution in [3.05, 3.63) is 0 Å². The van der Waals surface area contributed by atoms with E-state index in [2.05, 4.69) is 13.8 Å². The van der Waals surface area contributed by atoms with Gasteiger partial charge in [0, 0.05) is 23.5 Å². The second-order valence-electron chi connectivity index (χ2n) is 9.45. The van der Waals surface area contributed by atoms with E-state index in [1.807, 2.05) is 0 Å². The molecule has 3 nitrogen and oxygen atoms in total. The zero-order valence-corrected chi connectivity index (χ0v) is 14.6. The van der Waals surface area contributed by atoms with Crippen molar-refractivity contribution in [2.24, 2.45) is 34.0 Å².